The van der Waals surface area contributed by atoms with E-state index >= 15 is 0 Å². The lowest BCUT2D eigenvalue weighted by Crippen LogP contribution is -2.52. The molecule has 2 aliphatic heterocycles. The molecule has 1 fully saturated rings. The number of carbonyl (C=O) groups excluding carboxylic acids is 3. The quantitative estimate of drug-likeness (QED) is 0.0904. The van der Waals surface area contributed by atoms with Crippen LogP contribution in [0.3, 0.4) is 0 Å². The maximum atomic E-state index is 13.6. The molecular weight excluding hydrogens is 743 g/mol. The summed E-state index contributed by atoms with van der Waals surface area (Å²) in [7, 11) is 1.61. The summed E-state index contributed by atoms with van der Waals surface area (Å²) in [6, 6.07) is 8.68. The van der Waals surface area contributed by atoms with Gasteiger partial charge in [-0.05, 0) is 63.4 Å². The fourth-order valence-electron chi connectivity index (χ4n) is 5.70. The molecule has 0 atom stereocenters. The number of aryl methyl sites for hydroxylation is 1. The van der Waals surface area contributed by atoms with Crippen molar-refractivity contribution in [2.75, 3.05) is 51.7 Å². The molecule has 18 heteroatoms. The van der Waals surface area contributed by atoms with E-state index in [0.29, 0.717) is 24.7 Å². The van der Waals surface area contributed by atoms with E-state index in [0.717, 1.165) is 47.9 Å². The van der Waals surface area contributed by atoms with Crippen LogP contribution in [-0.4, -0.2) is 110 Å². The number of ether oxygens (including phenoxy) is 1. The van der Waals surface area contributed by atoms with Crippen molar-refractivity contribution in [3.63, 3.8) is 0 Å². The van der Waals surface area contributed by atoms with Crippen LogP contribution in [0.4, 0.5) is 18.9 Å². The van der Waals surface area contributed by atoms with Crippen LogP contribution < -0.4 is 15.4 Å². The highest BCUT2D eigenvalue weighted by molar-refractivity contribution is 6.43. The number of rotatable bonds is 13. The van der Waals surface area contributed by atoms with E-state index in [9.17, 15) is 32.7 Å². The first-order chi connectivity index (χ1) is 26.1. The minimum Gasteiger partial charge on any atom is -0.504 e. The second-order valence-corrected chi connectivity index (χ2v) is 12.6. The Balaban J connectivity index is 0.000000519. The molecule has 2 aliphatic rings. The number of amides is 3. The molecule has 0 aromatic heterocycles. The molecule has 55 heavy (non-hydrogen) atoms. The van der Waals surface area contributed by atoms with Crippen LogP contribution in [0.1, 0.15) is 43.4 Å². The highest BCUT2D eigenvalue weighted by Crippen LogP contribution is 2.34. The number of aliphatic hydroxyl groups is 1. The summed E-state index contributed by atoms with van der Waals surface area (Å²) in [4.78, 5) is 49.5. The molecule has 2 aromatic rings. The summed E-state index contributed by atoms with van der Waals surface area (Å²) < 4.78 is 44.4. The van der Waals surface area contributed by atoms with Crippen molar-refractivity contribution in [1.82, 2.24) is 20.1 Å². The number of nitrogens with zero attached hydrogens (tertiary/aromatic N) is 6. The first-order valence-corrected chi connectivity index (χ1v) is 17.5. The second kappa shape index (κ2) is 20.1. The second-order valence-electron chi connectivity index (χ2n) is 12.2. The molecule has 1 saturated heterocycles. The summed E-state index contributed by atoms with van der Waals surface area (Å²) in [5.41, 5.74) is 1.49. The topological polar surface area (TPSA) is 175 Å². The Kier molecular flexibility index (Phi) is 16.0. The summed E-state index contributed by atoms with van der Waals surface area (Å²) in [5, 5.41) is 27.5. The summed E-state index contributed by atoms with van der Waals surface area (Å²) in [6.07, 6.45) is -1.97. The number of allylic oxidation sites excluding steroid dienone is 2. The number of halogens is 4. The Morgan fingerprint density at radius 2 is 1.76 bits per heavy atom. The number of benzene rings is 2. The molecule has 0 radical (unpaired) electrons. The van der Waals surface area contributed by atoms with E-state index < -0.39 is 47.5 Å². The van der Waals surface area contributed by atoms with Gasteiger partial charge in [-0.25, -0.2) is 5.01 Å². The average Bonchev–Trinajstić information content (AvgIpc) is 3.18. The van der Waals surface area contributed by atoms with Gasteiger partial charge < -0.3 is 30.3 Å². The maximum Gasteiger partial charge on any atom is 0.416 e. The van der Waals surface area contributed by atoms with E-state index in [4.69, 9.17) is 21.7 Å². The zero-order valence-electron chi connectivity index (χ0n) is 30.9. The number of aliphatic hydroxyl groups excluding tert-OH is 1. The maximum absolute atomic E-state index is 13.6. The molecule has 0 unspecified atom stereocenters. The number of hydrogen-bond acceptors (Lipinski definition) is 11. The number of carbonyl (C=O) groups is 3. The first kappa shape index (κ1) is 43.7. The van der Waals surface area contributed by atoms with Gasteiger partial charge in [0.05, 0.1) is 35.1 Å². The predicted octanol–water partition coefficient (Wildman–Crippen LogP) is 5.45. The highest BCUT2D eigenvalue weighted by Gasteiger charge is 2.33. The first-order valence-electron chi connectivity index (χ1n) is 17.1. The lowest BCUT2D eigenvalue weighted by Gasteiger charge is -2.38. The predicted molar refractivity (Wildman–Crippen MR) is 207 cm³/mol. The largest absolute Gasteiger partial charge is 0.504 e. The van der Waals surface area contributed by atoms with Crippen LogP contribution in [-0.2, 0) is 33.5 Å². The zero-order valence-corrected chi connectivity index (χ0v) is 31.7. The average molecular weight is 788 g/mol. The van der Waals surface area contributed by atoms with Crippen molar-refractivity contribution in [1.29, 1.82) is 5.41 Å². The Morgan fingerprint density at radius 1 is 1.09 bits per heavy atom. The minimum absolute atomic E-state index is 0.0334. The van der Waals surface area contributed by atoms with Gasteiger partial charge >= 0.3 is 6.18 Å². The number of anilines is 1. The van der Waals surface area contributed by atoms with E-state index in [1.165, 1.54) is 17.4 Å². The van der Waals surface area contributed by atoms with Gasteiger partial charge in [0.15, 0.2) is 11.5 Å². The lowest BCUT2D eigenvalue weighted by atomic mass is 10.0. The zero-order chi connectivity index (χ0) is 40.9. The highest BCUT2D eigenvalue weighted by atomic mass is 35.5. The summed E-state index contributed by atoms with van der Waals surface area (Å²) in [6.45, 7) is 14.8. The molecule has 14 nitrogen and oxygen atoms in total. The van der Waals surface area contributed by atoms with Crippen molar-refractivity contribution < 1.29 is 37.4 Å². The van der Waals surface area contributed by atoms with Crippen molar-refractivity contribution in [2.45, 2.75) is 45.8 Å². The van der Waals surface area contributed by atoms with E-state index in [1.807, 2.05) is 0 Å². The number of fused-ring (bicyclic) bond motifs is 1. The van der Waals surface area contributed by atoms with Gasteiger partial charge in [-0.1, -0.05) is 36.7 Å². The molecule has 0 aliphatic carbocycles. The van der Waals surface area contributed by atoms with Gasteiger partial charge in [0.1, 0.15) is 18.0 Å². The third-order valence-corrected chi connectivity index (χ3v) is 8.94. The normalized spacial score (nSPS) is 14.7. The van der Waals surface area contributed by atoms with Gasteiger partial charge in [-0.15, -0.1) is 0 Å². The molecular formula is C37H45ClF3N9O5. The standard InChI is InChI=1S/C26H32ClF3N8O4.C11H13NO/c1-6-18(33-4)22(36-9-11-37(12-10-36)24(41)21(31)23(40)15(2)32-3)25(42)38(34-5)14-20(39)35-19-8-7-16(13-17(19)27)26(28,29)30;1-12-8-10-5-2-4-9-6-3-7-13-11(9)10/h7-8,13,31,33,40H,3,5-6,9-12,14H2,1-2,4H3,(H,35,39);2,4-5H,1,3,6-8H2/b22-18+,23-15+,31-21?;. The van der Waals surface area contributed by atoms with E-state index in [2.05, 4.69) is 64.1 Å². The molecule has 0 bridgehead atoms. The van der Waals surface area contributed by atoms with Crippen LogP contribution in [0.2, 0.25) is 5.02 Å². The minimum atomic E-state index is -4.61. The monoisotopic (exact) mass is 787 g/mol. The van der Waals surface area contributed by atoms with Crippen LogP contribution in [0.5, 0.6) is 5.75 Å². The van der Waals surface area contributed by atoms with Gasteiger partial charge in [-0.3, -0.25) is 29.8 Å². The Labute approximate surface area is 322 Å². The molecule has 4 rings (SSSR count). The summed E-state index contributed by atoms with van der Waals surface area (Å²) >= 11 is 5.92. The van der Waals surface area contributed by atoms with Crippen molar-refractivity contribution >= 4 is 60.9 Å². The van der Waals surface area contributed by atoms with Crippen LogP contribution in [0.25, 0.3) is 0 Å². The van der Waals surface area contributed by atoms with Crippen LogP contribution in [0.15, 0.2) is 74.3 Å². The van der Waals surface area contributed by atoms with Crippen LogP contribution >= 0.6 is 11.6 Å². The van der Waals surface area contributed by atoms with Gasteiger partial charge in [0, 0.05) is 51.2 Å². The molecule has 3 amide bonds. The molecule has 2 aromatic carbocycles. The fraction of sp³-hybridized carbons (Fsp3) is 0.378. The number of hydrazone groups is 1. The number of piperazine rings is 1. The van der Waals surface area contributed by atoms with Crippen LogP contribution in [0, 0.1) is 5.41 Å². The summed E-state index contributed by atoms with van der Waals surface area (Å²) in [5.74, 6) is -1.73. The van der Waals surface area contributed by atoms with Gasteiger partial charge in [0.25, 0.3) is 11.8 Å². The lowest BCUT2D eigenvalue weighted by molar-refractivity contribution is -0.137. The third-order valence-electron chi connectivity index (χ3n) is 8.62. The van der Waals surface area contributed by atoms with Crippen molar-refractivity contribution in [3.8, 4) is 5.75 Å². The van der Waals surface area contributed by atoms with E-state index in [-0.39, 0.29) is 48.3 Å². The molecule has 296 valence electrons. The fourth-order valence-corrected chi connectivity index (χ4v) is 5.92. The van der Waals surface area contributed by atoms with Crippen molar-refractivity contribution in [3.05, 3.63) is 81.0 Å². The number of hydrogen-bond donors (Lipinski definition) is 4. The molecule has 2 heterocycles. The number of para-hydroxylation sites is 1. The molecule has 4 N–H and O–H groups in total. The van der Waals surface area contributed by atoms with E-state index in [1.54, 1.807) is 18.9 Å². The number of nitrogens with one attached hydrogen (secondary N) is 3. The third kappa shape index (κ3) is 11.4. The van der Waals surface area contributed by atoms with Gasteiger partial charge in [-0.2, -0.15) is 18.3 Å². The molecule has 0 spiro atoms. The molecule has 0 saturated carbocycles. The number of alkyl halides is 3. The Morgan fingerprint density at radius 3 is 2.33 bits per heavy atom. The van der Waals surface area contributed by atoms with Gasteiger partial charge in [0.2, 0.25) is 5.91 Å². The smallest absolute Gasteiger partial charge is 0.416 e. The van der Waals surface area contributed by atoms with Crippen molar-refractivity contribution in [2.24, 2.45) is 15.1 Å². The SMILES string of the molecule is C=N/C(C)=C(/O)C(=N)C(=O)N1CCN(/C(C(=O)N(CC(=O)Nc2ccc(C(F)(F)F)cc2Cl)N=C)=C(\CC)NC)CC1.C=NCc1cccc2c1OCCC2. The Bertz CT molecular complexity index is 1850. The Hall–Kier alpha value is -5.71. The number of aliphatic imine (C=N–C) groups is 2.